The molecular formula is C23H30N4O2S. The molecule has 0 aliphatic carbocycles. The first-order chi connectivity index (χ1) is 14.0. The lowest BCUT2D eigenvalue weighted by Crippen LogP contribution is -2.36. The first-order valence-corrected chi connectivity index (χ1v) is 11.0. The topological polar surface area (TPSA) is 76.0 Å². The second-order valence-electron chi connectivity index (χ2n) is 9.08. The Bertz CT molecular complexity index is 1070. The number of hydrogen-bond acceptors (Lipinski definition) is 4. The average molecular weight is 427 g/mol. The first kappa shape index (κ1) is 22.0. The Labute approximate surface area is 181 Å². The molecule has 1 unspecified atom stereocenters. The Morgan fingerprint density at radius 1 is 1.07 bits per heavy atom. The molecule has 3 rings (SSSR count). The van der Waals surface area contributed by atoms with E-state index in [-0.39, 0.29) is 23.4 Å². The summed E-state index contributed by atoms with van der Waals surface area (Å²) in [5, 5.41) is 6.44. The summed E-state index contributed by atoms with van der Waals surface area (Å²) < 4.78 is 2.77. The number of anilines is 1. The van der Waals surface area contributed by atoms with Gasteiger partial charge < -0.3 is 9.88 Å². The maximum absolute atomic E-state index is 13.0. The van der Waals surface area contributed by atoms with E-state index in [4.69, 9.17) is 0 Å². The molecule has 2 aromatic heterocycles. The molecule has 2 heterocycles. The Balaban J connectivity index is 1.96. The minimum absolute atomic E-state index is 0.0548. The maximum Gasteiger partial charge on any atom is 0.257 e. The molecule has 6 nitrogen and oxygen atoms in total. The second-order valence-corrected chi connectivity index (χ2v) is 10.1. The minimum Gasteiger partial charge on any atom is -0.349 e. The Morgan fingerprint density at radius 3 is 2.27 bits per heavy atom. The number of aryl methyl sites for hydroxylation is 1. The van der Waals surface area contributed by atoms with E-state index in [0.29, 0.717) is 27.8 Å². The summed E-state index contributed by atoms with van der Waals surface area (Å²) in [6.45, 7) is 14.3. The van der Waals surface area contributed by atoms with Crippen LogP contribution in [-0.4, -0.2) is 27.4 Å². The standard InChI is InChI=1S/C23H30N4O2S/c1-13(2)15(4)24-21(29)17-12-27(23(5,6)7)19-18(17)30-22(25-19)26-20(28)16-10-8-14(3)9-11-16/h8-13,15H,1-7H3,(H,24,29)(H,25,26,28). The molecule has 2 amide bonds. The van der Waals surface area contributed by atoms with Crippen LogP contribution in [0.3, 0.4) is 0 Å². The summed E-state index contributed by atoms with van der Waals surface area (Å²) in [4.78, 5) is 30.2. The highest BCUT2D eigenvalue weighted by molar-refractivity contribution is 7.22. The predicted octanol–water partition coefficient (Wildman–Crippen LogP) is 5.19. The third-order valence-electron chi connectivity index (χ3n) is 5.20. The fraction of sp³-hybridized carbons (Fsp3) is 0.435. The fourth-order valence-corrected chi connectivity index (χ4v) is 3.91. The molecule has 0 aliphatic rings. The van der Waals surface area contributed by atoms with Crippen molar-refractivity contribution in [3.8, 4) is 0 Å². The molecule has 30 heavy (non-hydrogen) atoms. The van der Waals surface area contributed by atoms with Crippen LogP contribution >= 0.6 is 11.3 Å². The molecule has 0 aliphatic heterocycles. The lowest BCUT2D eigenvalue weighted by molar-refractivity contribution is 0.0931. The number of thiazole rings is 1. The van der Waals surface area contributed by atoms with Crippen LogP contribution in [0, 0.1) is 12.8 Å². The average Bonchev–Trinajstić information content (AvgIpc) is 3.19. The van der Waals surface area contributed by atoms with Crippen LogP contribution in [-0.2, 0) is 5.54 Å². The van der Waals surface area contributed by atoms with Crippen LogP contribution in [0.15, 0.2) is 30.5 Å². The quantitative estimate of drug-likeness (QED) is 0.590. The maximum atomic E-state index is 13.0. The number of amides is 2. The van der Waals surface area contributed by atoms with Crippen molar-refractivity contribution < 1.29 is 9.59 Å². The van der Waals surface area contributed by atoms with E-state index in [0.717, 1.165) is 10.3 Å². The monoisotopic (exact) mass is 426 g/mol. The minimum atomic E-state index is -0.257. The van der Waals surface area contributed by atoms with E-state index < -0.39 is 0 Å². The molecule has 0 saturated carbocycles. The van der Waals surface area contributed by atoms with E-state index in [1.54, 1.807) is 12.1 Å². The van der Waals surface area contributed by atoms with Crippen molar-refractivity contribution in [2.75, 3.05) is 5.32 Å². The van der Waals surface area contributed by atoms with Crippen LogP contribution in [0.2, 0.25) is 0 Å². The summed E-state index contributed by atoms with van der Waals surface area (Å²) in [7, 11) is 0. The fourth-order valence-electron chi connectivity index (χ4n) is 2.95. The molecule has 0 fully saturated rings. The third kappa shape index (κ3) is 4.56. The number of nitrogens with one attached hydrogen (secondary N) is 2. The molecular weight excluding hydrogens is 396 g/mol. The van der Waals surface area contributed by atoms with Crippen molar-refractivity contribution in [2.45, 2.75) is 60.0 Å². The summed E-state index contributed by atoms with van der Waals surface area (Å²) >= 11 is 1.33. The van der Waals surface area contributed by atoms with Gasteiger partial charge in [-0.25, -0.2) is 4.98 Å². The zero-order valence-electron chi connectivity index (χ0n) is 18.7. The Morgan fingerprint density at radius 2 is 1.70 bits per heavy atom. The number of benzene rings is 1. The summed E-state index contributed by atoms with van der Waals surface area (Å²) in [6.07, 6.45) is 1.86. The Hall–Kier alpha value is -2.67. The van der Waals surface area contributed by atoms with Gasteiger partial charge in [-0.3, -0.25) is 14.9 Å². The van der Waals surface area contributed by atoms with Crippen LogP contribution < -0.4 is 10.6 Å². The zero-order chi connectivity index (χ0) is 22.2. The molecule has 0 spiro atoms. The number of hydrogen-bond donors (Lipinski definition) is 2. The van der Waals surface area contributed by atoms with Crippen molar-refractivity contribution in [3.05, 3.63) is 47.2 Å². The lowest BCUT2D eigenvalue weighted by atomic mass is 10.1. The number of nitrogens with zero attached hydrogens (tertiary/aromatic N) is 2. The highest BCUT2D eigenvalue weighted by Crippen LogP contribution is 2.34. The SMILES string of the molecule is Cc1ccc(C(=O)Nc2nc3c(s2)c(C(=O)NC(C)C(C)C)cn3C(C)(C)C)cc1. The van der Waals surface area contributed by atoms with Crippen LogP contribution in [0.5, 0.6) is 0 Å². The zero-order valence-corrected chi connectivity index (χ0v) is 19.5. The number of fused-ring (bicyclic) bond motifs is 1. The van der Waals surface area contributed by atoms with Gasteiger partial charge in [-0.1, -0.05) is 42.9 Å². The molecule has 7 heteroatoms. The normalized spacial score (nSPS) is 12.9. The van der Waals surface area contributed by atoms with Crippen LogP contribution in [0.4, 0.5) is 5.13 Å². The van der Waals surface area contributed by atoms with Crippen molar-refractivity contribution in [3.63, 3.8) is 0 Å². The molecule has 1 aromatic carbocycles. The molecule has 3 aromatic rings. The molecule has 160 valence electrons. The largest absolute Gasteiger partial charge is 0.349 e. The summed E-state index contributed by atoms with van der Waals surface area (Å²) in [5.74, 6) is -0.00244. The van der Waals surface area contributed by atoms with Crippen molar-refractivity contribution in [2.24, 2.45) is 5.92 Å². The third-order valence-corrected chi connectivity index (χ3v) is 6.19. The van der Waals surface area contributed by atoms with E-state index in [1.807, 2.05) is 36.7 Å². The van der Waals surface area contributed by atoms with Gasteiger partial charge in [0, 0.05) is 23.3 Å². The van der Waals surface area contributed by atoms with Crippen LogP contribution in [0.25, 0.3) is 10.3 Å². The molecule has 1 atom stereocenters. The lowest BCUT2D eigenvalue weighted by Gasteiger charge is -2.21. The van der Waals surface area contributed by atoms with Crippen molar-refractivity contribution in [1.82, 2.24) is 14.9 Å². The number of carbonyl (C=O) groups excluding carboxylic acids is 2. The number of rotatable bonds is 5. The number of carbonyl (C=O) groups is 2. The van der Waals surface area contributed by atoms with E-state index >= 15 is 0 Å². The van der Waals surface area contributed by atoms with Gasteiger partial charge in [-0.2, -0.15) is 0 Å². The highest BCUT2D eigenvalue weighted by atomic mass is 32.1. The van der Waals surface area contributed by atoms with Crippen molar-refractivity contribution in [1.29, 1.82) is 0 Å². The van der Waals surface area contributed by atoms with Gasteiger partial charge in [0.1, 0.15) is 0 Å². The molecule has 0 radical (unpaired) electrons. The highest BCUT2D eigenvalue weighted by Gasteiger charge is 2.26. The van der Waals surface area contributed by atoms with E-state index in [9.17, 15) is 9.59 Å². The van der Waals surface area contributed by atoms with E-state index in [1.165, 1.54) is 11.3 Å². The summed E-state index contributed by atoms with van der Waals surface area (Å²) in [6, 6.07) is 7.44. The summed E-state index contributed by atoms with van der Waals surface area (Å²) in [5.41, 5.74) is 2.70. The van der Waals surface area contributed by atoms with Gasteiger partial charge in [-0.05, 0) is 52.7 Å². The smallest absolute Gasteiger partial charge is 0.257 e. The number of aromatic nitrogens is 2. The predicted molar refractivity (Wildman–Crippen MR) is 124 cm³/mol. The van der Waals surface area contributed by atoms with Gasteiger partial charge in [0.25, 0.3) is 11.8 Å². The van der Waals surface area contributed by atoms with E-state index in [2.05, 4.69) is 50.2 Å². The van der Waals surface area contributed by atoms with Gasteiger partial charge in [0.15, 0.2) is 10.8 Å². The molecule has 0 bridgehead atoms. The Kier molecular flexibility index (Phi) is 6.04. The van der Waals surface area contributed by atoms with Gasteiger partial charge in [-0.15, -0.1) is 0 Å². The second kappa shape index (κ2) is 8.22. The van der Waals surface area contributed by atoms with Crippen molar-refractivity contribution >= 4 is 38.6 Å². The van der Waals surface area contributed by atoms with Crippen LogP contribution in [0.1, 0.15) is 67.8 Å². The molecule has 2 N–H and O–H groups in total. The van der Waals surface area contributed by atoms with Gasteiger partial charge >= 0.3 is 0 Å². The van der Waals surface area contributed by atoms with Gasteiger partial charge in [0.2, 0.25) is 0 Å². The molecule has 0 saturated heterocycles. The first-order valence-electron chi connectivity index (χ1n) is 10.2. The van der Waals surface area contributed by atoms with Gasteiger partial charge in [0.05, 0.1) is 10.3 Å².